The maximum atomic E-state index is 11.7. The lowest BCUT2D eigenvalue weighted by molar-refractivity contribution is 0.0601. The number of para-hydroxylation sites is 1. The maximum Gasteiger partial charge on any atom is 0.337 e. The number of halogens is 1. The quantitative estimate of drug-likeness (QED) is 0.635. The van der Waals surface area contributed by atoms with Gasteiger partial charge >= 0.3 is 5.97 Å². The first kappa shape index (κ1) is 17.7. The summed E-state index contributed by atoms with van der Waals surface area (Å²) >= 11 is 6.18. The van der Waals surface area contributed by atoms with E-state index in [1.165, 1.54) is 7.11 Å². The number of carbonyl (C=O) groups excluding carboxylic acids is 1. The first-order chi connectivity index (χ1) is 12.5. The lowest BCUT2D eigenvalue weighted by Gasteiger charge is -2.11. The molecule has 2 aromatic carbocycles. The van der Waals surface area contributed by atoms with Crippen LogP contribution in [-0.4, -0.2) is 23.0 Å². The van der Waals surface area contributed by atoms with Crippen LogP contribution in [0.15, 0.2) is 54.6 Å². The van der Waals surface area contributed by atoms with Crippen molar-refractivity contribution in [3.8, 4) is 0 Å². The Labute approximate surface area is 156 Å². The Balaban J connectivity index is 1.84. The summed E-state index contributed by atoms with van der Waals surface area (Å²) in [6.07, 6.45) is 0. The smallest absolute Gasteiger partial charge is 0.337 e. The molecule has 2 N–H and O–H groups in total. The summed E-state index contributed by atoms with van der Waals surface area (Å²) in [7, 11) is 1.35. The van der Waals surface area contributed by atoms with Crippen molar-refractivity contribution >= 4 is 40.6 Å². The van der Waals surface area contributed by atoms with Crippen LogP contribution < -0.4 is 10.6 Å². The fourth-order valence-electron chi connectivity index (χ4n) is 2.39. The molecule has 0 saturated carbocycles. The zero-order valence-corrected chi connectivity index (χ0v) is 15.0. The van der Waals surface area contributed by atoms with Gasteiger partial charge in [-0.1, -0.05) is 29.8 Å². The Bertz CT molecular complexity index is 946. The van der Waals surface area contributed by atoms with E-state index in [2.05, 4.69) is 20.6 Å². The Morgan fingerprint density at radius 3 is 2.46 bits per heavy atom. The molecular formula is C19H17ClN4O2. The number of aromatic nitrogens is 2. The number of aryl methyl sites for hydroxylation is 1. The van der Waals surface area contributed by atoms with E-state index in [4.69, 9.17) is 16.3 Å². The van der Waals surface area contributed by atoms with Crippen LogP contribution in [0, 0.1) is 6.92 Å². The van der Waals surface area contributed by atoms with E-state index < -0.39 is 5.97 Å². The van der Waals surface area contributed by atoms with Gasteiger partial charge in [-0.2, -0.15) is 0 Å². The fourth-order valence-corrected chi connectivity index (χ4v) is 2.57. The highest BCUT2D eigenvalue weighted by molar-refractivity contribution is 6.33. The maximum absolute atomic E-state index is 11.7. The first-order valence-electron chi connectivity index (χ1n) is 7.88. The molecule has 0 aliphatic rings. The number of nitrogens with zero attached hydrogens (tertiary/aromatic N) is 2. The third-order valence-electron chi connectivity index (χ3n) is 3.53. The molecular weight excluding hydrogens is 352 g/mol. The summed E-state index contributed by atoms with van der Waals surface area (Å²) in [5.41, 5.74) is 1.93. The zero-order chi connectivity index (χ0) is 18.5. The predicted octanol–water partition coefficient (Wildman–Crippen LogP) is 4.71. The third kappa shape index (κ3) is 4.29. The van der Waals surface area contributed by atoms with E-state index in [1.54, 1.807) is 37.3 Å². The number of hydrogen-bond donors (Lipinski definition) is 2. The molecule has 6 nitrogen and oxygen atoms in total. The van der Waals surface area contributed by atoms with Crippen LogP contribution in [0.25, 0.3) is 0 Å². The molecule has 0 radical (unpaired) electrons. The summed E-state index contributed by atoms with van der Waals surface area (Å²) in [4.78, 5) is 20.4. The number of carbonyl (C=O) groups is 1. The standard InChI is InChI=1S/C19H17ClN4O2/c1-12-21-17(23-14-7-5-6-13(10-14)19(25)26-2)11-18(22-12)24-16-9-4-3-8-15(16)20/h3-11H,1-2H3,(H2,21,22,23,24). The highest BCUT2D eigenvalue weighted by Crippen LogP contribution is 2.25. The van der Waals surface area contributed by atoms with Crippen molar-refractivity contribution in [1.29, 1.82) is 0 Å². The Morgan fingerprint density at radius 1 is 1.00 bits per heavy atom. The second-order valence-electron chi connectivity index (χ2n) is 5.49. The Hall–Kier alpha value is -3.12. The van der Waals surface area contributed by atoms with E-state index in [1.807, 2.05) is 24.3 Å². The van der Waals surface area contributed by atoms with Gasteiger partial charge in [0.15, 0.2) is 0 Å². The molecule has 132 valence electrons. The van der Waals surface area contributed by atoms with Gasteiger partial charge in [-0.15, -0.1) is 0 Å². The topological polar surface area (TPSA) is 76.1 Å². The summed E-state index contributed by atoms with van der Waals surface area (Å²) in [6.45, 7) is 1.80. The number of rotatable bonds is 5. The van der Waals surface area contributed by atoms with Crippen LogP contribution in [0.5, 0.6) is 0 Å². The molecule has 3 rings (SSSR count). The lowest BCUT2D eigenvalue weighted by Crippen LogP contribution is -2.04. The summed E-state index contributed by atoms with van der Waals surface area (Å²) in [5.74, 6) is 1.40. The molecule has 0 bridgehead atoms. The van der Waals surface area contributed by atoms with Crippen LogP contribution in [0.2, 0.25) is 5.02 Å². The average Bonchev–Trinajstić information content (AvgIpc) is 2.63. The van der Waals surface area contributed by atoms with Crippen LogP contribution in [0.1, 0.15) is 16.2 Å². The van der Waals surface area contributed by atoms with Crippen molar-refractivity contribution in [2.45, 2.75) is 6.92 Å². The number of methoxy groups -OCH3 is 1. The van der Waals surface area contributed by atoms with E-state index in [-0.39, 0.29) is 0 Å². The number of esters is 1. The lowest BCUT2D eigenvalue weighted by atomic mass is 10.2. The fraction of sp³-hybridized carbons (Fsp3) is 0.105. The number of nitrogens with one attached hydrogen (secondary N) is 2. The molecule has 1 aromatic heterocycles. The summed E-state index contributed by atoms with van der Waals surface area (Å²) < 4.78 is 4.74. The van der Waals surface area contributed by atoms with Crippen LogP contribution >= 0.6 is 11.6 Å². The van der Waals surface area contributed by atoms with Gasteiger partial charge in [-0.05, 0) is 37.3 Å². The summed E-state index contributed by atoms with van der Waals surface area (Å²) in [5, 5.41) is 6.95. The van der Waals surface area contributed by atoms with Gasteiger partial charge in [0.2, 0.25) is 0 Å². The molecule has 7 heteroatoms. The van der Waals surface area contributed by atoms with Gasteiger partial charge in [-0.25, -0.2) is 14.8 Å². The molecule has 0 unspecified atom stereocenters. The van der Waals surface area contributed by atoms with Crippen LogP contribution in [0.4, 0.5) is 23.0 Å². The Kier molecular flexibility index (Phi) is 5.34. The van der Waals surface area contributed by atoms with E-state index in [0.29, 0.717) is 28.0 Å². The monoisotopic (exact) mass is 368 g/mol. The van der Waals surface area contributed by atoms with E-state index in [9.17, 15) is 4.79 Å². The normalized spacial score (nSPS) is 10.3. The molecule has 26 heavy (non-hydrogen) atoms. The molecule has 0 aliphatic carbocycles. The average molecular weight is 369 g/mol. The predicted molar refractivity (Wildman–Crippen MR) is 103 cm³/mol. The second-order valence-corrected chi connectivity index (χ2v) is 5.90. The molecule has 0 saturated heterocycles. The largest absolute Gasteiger partial charge is 0.465 e. The molecule has 0 atom stereocenters. The van der Waals surface area contributed by atoms with Crippen LogP contribution in [-0.2, 0) is 4.74 Å². The van der Waals surface area contributed by atoms with Crippen molar-refractivity contribution in [3.63, 3.8) is 0 Å². The van der Waals surface area contributed by atoms with E-state index in [0.717, 1.165) is 11.4 Å². The molecule has 1 heterocycles. The zero-order valence-electron chi connectivity index (χ0n) is 14.3. The van der Waals surface area contributed by atoms with Crippen molar-refractivity contribution < 1.29 is 9.53 Å². The third-order valence-corrected chi connectivity index (χ3v) is 3.86. The van der Waals surface area contributed by atoms with Crippen molar-refractivity contribution in [1.82, 2.24) is 9.97 Å². The minimum atomic E-state index is -0.395. The van der Waals surface area contributed by atoms with Gasteiger partial charge in [0.1, 0.15) is 17.5 Å². The number of anilines is 4. The minimum Gasteiger partial charge on any atom is -0.465 e. The SMILES string of the molecule is COC(=O)c1cccc(Nc2cc(Nc3ccccc3Cl)nc(C)n2)c1. The molecule has 0 aliphatic heterocycles. The molecule has 0 spiro atoms. The van der Waals surface area contributed by atoms with Gasteiger partial charge in [0, 0.05) is 11.8 Å². The van der Waals surface area contributed by atoms with Gasteiger partial charge in [0.05, 0.1) is 23.4 Å². The second kappa shape index (κ2) is 7.84. The van der Waals surface area contributed by atoms with Crippen molar-refractivity contribution in [2.75, 3.05) is 17.7 Å². The van der Waals surface area contributed by atoms with Gasteiger partial charge in [-0.3, -0.25) is 0 Å². The highest BCUT2D eigenvalue weighted by atomic mass is 35.5. The van der Waals surface area contributed by atoms with Gasteiger partial charge < -0.3 is 15.4 Å². The van der Waals surface area contributed by atoms with Crippen molar-refractivity contribution in [2.24, 2.45) is 0 Å². The minimum absolute atomic E-state index is 0.395. The van der Waals surface area contributed by atoms with Gasteiger partial charge in [0.25, 0.3) is 0 Å². The Morgan fingerprint density at radius 2 is 1.73 bits per heavy atom. The molecule has 0 amide bonds. The number of hydrogen-bond acceptors (Lipinski definition) is 6. The highest BCUT2D eigenvalue weighted by Gasteiger charge is 2.08. The summed E-state index contributed by atoms with van der Waals surface area (Å²) in [6, 6.07) is 16.2. The van der Waals surface area contributed by atoms with Crippen LogP contribution in [0.3, 0.4) is 0 Å². The first-order valence-corrected chi connectivity index (χ1v) is 8.25. The number of ether oxygens (including phenoxy) is 1. The van der Waals surface area contributed by atoms with Crippen molar-refractivity contribution in [3.05, 3.63) is 71.0 Å². The number of benzene rings is 2. The molecule has 0 fully saturated rings. The molecule has 3 aromatic rings. The van der Waals surface area contributed by atoms with E-state index >= 15 is 0 Å².